The number of carbonyl (C=O) groups is 1. The highest BCUT2D eigenvalue weighted by Gasteiger charge is 2.26. The van der Waals surface area contributed by atoms with Gasteiger partial charge in [0.15, 0.2) is 11.2 Å². The van der Waals surface area contributed by atoms with Crippen LogP contribution in [0.25, 0.3) is 56.1 Å². The van der Waals surface area contributed by atoms with Crippen molar-refractivity contribution < 1.29 is 27.0 Å². The van der Waals surface area contributed by atoms with Crippen LogP contribution in [0.1, 0.15) is 10.4 Å². The number of rotatable bonds is 9. The van der Waals surface area contributed by atoms with E-state index in [0.717, 1.165) is 29.8 Å². The quantitative estimate of drug-likeness (QED) is 0.205. The van der Waals surface area contributed by atoms with E-state index in [1.165, 1.54) is 12.1 Å². The number of nitrogens with zero attached hydrogens (tertiary/aromatic N) is 4. The maximum atomic E-state index is 13.8. The maximum absolute atomic E-state index is 13.8. The topological polar surface area (TPSA) is 114 Å². The lowest BCUT2D eigenvalue weighted by Crippen LogP contribution is -2.42. The minimum atomic E-state index is -1.41. The first kappa shape index (κ1) is 30.7. The number of oxazole rings is 1. The molecule has 1 atom stereocenters. The van der Waals surface area contributed by atoms with Crippen LogP contribution in [0.4, 0.5) is 10.1 Å². The van der Waals surface area contributed by atoms with Gasteiger partial charge in [-0.05, 0) is 60.2 Å². The van der Waals surface area contributed by atoms with Crippen molar-refractivity contribution >= 4 is 44.8 Å². The predicted molar refractivity (Wildman–Crippen MR) is 180 cm³/mol. The molecule has 1 aliphatic heterocycles. The Morgan fingerprint density at radius 1 is 0.979 bits per heavy atom. The van der Waals surface area contributed by atoms with Gasteiger partial charge >= 0.3 is 0 Å². The van der Waals surface area contributed by atoms with Crippen LogP contribution >= 0.6 is 0 Å². The summed E-state index contributed by atoms with van der Waals surface area (Å²) in [7, 11) is 0.141. The summed E-state index contributed by atoms with van der Waals surface area (Å²) in [6, 6.07) is 20.9. The molecule has 240 valence electrons. The second-order valence-corrected chi connectivity index (χ2v) is 12.5. The van der Waals surface area contributed by atoms with Gasteiger partial charge in [0.25, 0.3) is 5.91 Å². The molecule has 1 aliphatic rings. The zero-order valence-corrected chi connectivity index (χ0v) is 26.7. The average molecular weight is 654 g/mol. The van der Waals surface area contributed by atoms with Gasteiger partial charge in [-0.3, -0.25) is 14.0 Å². The van der Waals surface area contributed by atoms with Crippen LogP contribution in [0.3, 0.4) is 0 Å². The van der Waals surface area contributed by atoms with E-state index in [2.05, 4.69) is 20.2 Å². The molecule has 0 spiro atoms. The summed E-state index contributed by atoms with van der Waals surface area (Å²) in [4.78, 5) is 24.5. The molecule has 0 aliphatic carbocycles. The second kappa shape index (κ2) is 13.1. The van der Waals surface area contributed by atoms with Crippen molar-refractivity contribution in [2.24, 2.45) is 0 Å². The zero-order valence-electron chi connectivity index (χ0n) is 25.9. The minimum absolute atomic E-state index is 0.313. The van der Waals surface area contributed by atoms with Crippen LogP contribution in [-0.4, -0.2) is 77.7 Å². The van der Waals surface area contributed by atoms with Crippen molar-refractivity contribution in [3.8, 4) is 33.9 Å². The first-order valence-corrected chi connectivity index (χ1v) is 16.7. The number of hydrogen-bond acceptors (Lipinski definition) is 8. The average Bonchev–Trinajstić information content (AvgIpc) is 3.70. The van der Waals surface area contributed by atoms with Crippen LogP contribution in [0.2, 0.25) is 0 Å². The number of ether oxygens (including phenoxy) is 1. The Kier molecular flexibility index (Phi) is 8.54. The molecule has 47 heavy (non-hydrogen) atoms. The monoisotopic (exact) mass is 653 g/mol. The van der Waals surface area contributed by atoms with Crippen LogP contribution in [0.5, 0.6) is 0 Å². The molecule has 0 radical (unpaired) electrons. The number of furan rings is 1. The Labute approximate surface area is 272 Å². The number of nitrogens with one attached hydrogen (secondary N) is 1. The number of hydrogen-bond donors (Lipinski definition) is 1. The van der Waals surface area contributed by atoms with E-state index in [0.29, 0.717) is 77.0 Å². The fourth-order valence-electron chi connectivity index (χ4n) is 5.88. The maximum Gasteiger partial charge on any atom is 0.255 e. The molecule has 4 heterocycles. The van der Waals surface area contributed by atoms with Gasteiger partial charge < -0.3 is 18.9 Å². The van der Waals surface area contributed by atoms with Crippen molar-refractivity contribution in [3.63, 3.8) is 0 Å². The lowest BCUT2D eigenvalue weighted by Gasteiger charge is -2.30. The molecule has 0 saturated carbocycles. The predicted octanol–water partition coefficient (Wildman–Crippen LogP) is 5.90. The number of aromatic nitrogens is 2. The number of amides is 1. The van der Waals surface area contributed by atoms with E-state index in [4.69, 9.17) is 13.6 Å². The number of morpholine rings is 1. The van der Waals surface area contributed by atoms with E-state index in [-0.39, 0.29) is 5.91 Å². The Hall–Kier alpha value is -4.91. The highest BCUT2D eigenvalue weighted by molar-refractivity contribution is 7.85. The van der Waals surface area contributed by atoms with E-state index in [1.807, 2.05) is 46.8 Å². The lowest BCUT2D eigenvalue weighted by atomic mass is 9.97. The van der Waals surface area contributed by atoms with Gasteiger partial charge in [-0.2, -0.15) is 4.98 Å². The van der Waals surface area contributed by atoms with E-state index >= 15 is 0 Å². The van der Waals surface area contributed by atoms with Crippen LogP contribution < -0.4 is 9.62 Å². The zero-order chi connectivity index (χ0) is 32.5. The summed E-state index contributed by atoms with van der Waals surface area (Å²) in [6.07, 6.45) is 3.31. The van der Waals surface area contributed by atoms with Crippen molar-refractivity contribution in [3.05, 3.63) is 90.4 Å². The van der Waals surface area contributed by atoms with Gasteiger partial charge in [0.2, 0.25) is 5.89 Å². The molecule has 1 unspecified atom stereocenters. The number of pyridine rings is 1. The van der Waals surface area contributed by atoms with Gasteiger partial charge in [-0.1, -0.05) is 12.1 Å². The third kappa shape index (κ3) is 6.14. The number of anilines is 1. The molecular formula is C35H32FN5O5S. The van der Waals surface area contributed by atoms with Crippen LogP contribution in [0, 0.1) is 5.82 Å². The number of fused-ring (bicyclic) bond motifs is 2. The molecule has 12 heteroatoms. The molecule has 10 nitrogen and oxygen atoms in total. The summed E-state index contributed by atoms with van der Waals surface area (Å²) in [5, 5.41) is 3.29. The third-order valence-corrected chi connectivity index (χ3v) is 9.25. The fraction of sp³-hybridized carbons (Fsp3) is 0.229. The van der Waals surface area contributed by atoms with Crippen LogP contribution in [0.15, 0.2) is 87.8 Å². The van der Waals surface area contributed by atoms with Crippen molar-refractivity contribution in [2.45, 2.75) is 0 Å². The molecule has 0 bridgehead atoms. The standard InChI is InChI=1S/C35H32FN5O5S/c1-37-34(42)31-27-20-26(23-5-3-6-24(19-23)35-39-33-29(46-35)7-4-12-38-33)28(41(47(2)43)14-13-40-15-17-44-18-16-40)21-30(27)45-32(31)22-8-10-25(36)11-9-22/h3-12,19-21H,13-18H2,1-2H3,(H,37,42). The molecule has 1 fully saturated rings. The highest BCUT2D eigenvalue weighted by Crippen LogP contribution is 2.42. The molecule has 1 saturated heterocycles. The first-order chi connectivity index (χ1) is 22.9. The summed E-state index contributed by atoms with van der Waals surface area (Å²) >= 11 is 0. The summed E-state index contributed by atoms with van der Waals surface area (Å²) in [5.74, 6) is -0.0170. The molecule has 7 rings (SSSR count). The highest BCUT2D eigenvalue weighted by atomic mass is 32.2. The lowest BCUT2D eigenvalue weighted by molar-refractivity contribution is 0.0395. The Bertz CT molecular complexity index is 2070. The minimum Gasteiger partial charge on any atom is -0.455 e. The van der Waals surface area contributed by atoms with E-state index in [9.17, 15) is 13.4 Å². The fourth-order valence-corrected chi connectivity index (χ4v) is 6.65. The van der Waals surface area contributed by atoms with E-state index in [1.54, 1.807) is 37.7 Å². The molecule has 3 aromatic carbocycles. The Morgan fingerprint density at radius 3 is 2.51 bits per heavy atom. The van der Waals surface area contributed by atoms with Gasteiger partial charge in [0.1, 0.15) is 28.1 Å². The number of halogens is 1. The van der Waals surface area contributed by atoms with Crippen LogP contribution in [-0.2, 0) is 15.7 Å². The molecule has 1 amide bonds. The van der Waals surface area contributed by atoms with E-state index < -0.39 is 16.8 Å². The largest absolute Gasteiger partial charge is 0.455 e. The smallest absolute Gasteiger partial charge is 0.255 e. The van der Waals surface area contributed by atoms with Crippen molar-refractivity contribution in [1.29, 1.82) is 0 Å². The molecule has 1 N–H and O–H groups in total. The number of carbonyl (C=O) groups excluding carboxylic acids is 1. The van der Waals surface area contributed by atoms with Gasteiger partial charge in [0, 0.05) is 73.8 Å². The SMILES string of the molecule is CNC(=O)c1c(-c2ccc(F)cc2)oc2cc(N(CCN3CCOCC3)S(C)=O)c(-c3cccc(-c4nc5ncccc5o4)c3)cc12. The summed E-state index contributed by atoms with van der Waals surface area (Å²) in [6.45, 7) is 4.07. The first-order valence-electron chi connectivity index (χ1n) is 15.2. The van der Waals surface area contributed by atoms with Gasteiger partial charge in [-0.25, -0.2) is 13.6 Å². The third-order valence-electron chi connectivity index (χ3n) is 8.25. The van der Waals surface area contributed by atoms with Gasteiger partial charge in [0.05, 0.1) is 24.5 Å². The summed E-state index contributed by atoms with van der Waals surface area (Å²) in [5.41, 5.74) is 5.33. The number of benzene rings is 3. The van der Waals surface area contributed by atoms with Gasteiger partial charge in [-0.15, -0.1) is 0 Å². The Morgan fingerprint density at radius 2 is 1.77 bits per heavy atom. The molecular weight excluding hydrogens is 621 g/mol. The molecule has 6 aromatic rings. The summed E-state index contributed by atoms with van der Waals surface area (Å²) < 4.78 is 47.0. The van der Waals surface area contributed by atoms with Crippen molar-refractivity contribution in [2.75, 3.05) is 57.0 Å². The second-order valence-electron chi connectivity index (χ2n) is 11.2. The Balaban J connectivity index is 1.41. The molecule has 3 aromatic heterocycles. The normalized spacial score (nSPS) is 14.4. The van der Waals surface area contributed by atoms with Crippen molar-refractivity contribution in [1.82, 2.24) is 20.2 Å².